The predicted octanol–water partition coefficient (Wildman–Crippen LogP) is 2.42. The first-order valence-electron chi connectivity index (χ1n) is 7.34. The van der Waals surface area contributed by atoms with Crippen LogP contribution < -0.4 is 10.0 Å². The maximum atomic E-state index is 12.4. The molecule has 0 unspecified atom stereocenters. The number of nitrogens with one attached hydrogen (secondary N) is 2. The number of benzene rings is 1. The van der Waals surface area contributed by atoms with E-state index in [2.05, 4.69) is 15.0 Å². The summed E-state index contributed by atoms with van der Waals surface area (Å²) in [6.45, 7) is 1.43. The number of carbonyl (C=O) groups excluding carboxylic acids is 1. The second kappa shape index (κ2) is 6.83. The molecular weight excluding hydrogens is 364 g/mol. The average Bonchev–Trinajstić information content (AvgIpc) is 2.95. The van der Waals surface area contributed by atoms with E-state index in [9.17, 15) is 13.2 Å². The maximum absolute atomic E-state index is 12.4. The molecule has 130 valence electrons. The Morgan fingerprint density at radius 1 is 1.16 bits per heavy atom. The van der Waals surface area contributed by atoms with Gasteiger partial charge in [0.1, 0.15) is 5.65 Å². The number of pyridine rings is 1. The van der Waals surface area contributed by atoms with Crippen molar-refractivity contribution in [2.24, 2.45) is 0 Å². The molecule has 0 saturated heterocycles. The molecule has 2 aromatic heterocycles. The zero-order chi connectivity index (χ0) is 18.0. The SMILES string of the molecule is CC(=O)Nc1ccc(S(=O)(=O)NCc2cn3cc(Cl)ccc3n2)cc1. The quantitative estimate of drug-likeness (QED) is 0.713. The van der Waals surface area contributed by atoms with E-state index in [0.717, 1.165) is 0 Å². The number of imidazole rings is 1. The molecule has 0 aliphatic carbocycles. The summed E-state index contributed by atoms with van der Waals surface area (Å²) in [4.78, 5) is 15.4. The lowest BCUT2D eigenvalue weighted by atomic mass is 10.3. The summed E-state index contributed by atoms with van der Waals surface area (Å²) in [5, 5.41) is 3.15. The lowest BCUT2D eigenvalue weighted by molar-refractivity contribution is -0.114. The summed E-state index contributed by atoms with van der Waals surface area (Å²) in [5.41, 5.74) is 1.78. The molecule has 0 spiro atoms. The fourth-order valence-electron chi connectivity index (χ4n) is 2.28. The van der Waals surface area contributed by atoms with E-state index in [1.807, 2.05) is 0 Å². The highest BCUT2D eigenvalue weighted by molar-refractivity contribution is 7.89. The summed E-state index contributed by atoms with van der Waals surface area (Å²) in [6, 6.07) is 9.38. The molecule has 0 aliphatic rings. The average molecular weight is 379 g/mol. The van der Waals surface area contributed by atoms with Crippen molar-refractivity contribution < 1.29 is 13.2 Å². The highest BCUT2D eigenvalue weighted by Gasteiger charge is 2.14. The van der Waals surface area contributed by atoms with Crippen LogP contribution >= 0.6 is 11.6 Å². The van der Waals surface area contributed by atoms with Crippen LogP contribution in [0.15, 0.2) is 53.7 Å². The zero-order valence-electron chi connectivity index (χ0n) is 13.2. The molecule has 3 aromatic rings. The van der Waals surface area contributed by atoms with E-state index in [-0.39, 0.29) is 17.3 Å². The van der Waals surface area contributed by atoms with Gasteiger partial charge in [-0.05, 0) is 36.4 Å². The number of hydrogen-bond acceptors (Lipinski definition) is 4. The number of sulfonamides is 1. The van der Waals surface area contributed by atoms with Crippen LogP contribution in [0, 0.1) is 0 Å². The number of fused-ring (bicyclic) bond motifs is 1. The minimum absolute atomic E-state index is 0.0507. The van der Waals surface area contributed by atoms with Crippen molar-refractivity contribution >= 4 is 38.9 Å². The Balaban J connectivity index is 1.73. The van der Waals surface area contributed by atoms with Gasteiger partial charge in [-0.15, -0.1) is 0 Å². The zero-order valence-corrected chi connectivity index (χ0v) is 14.8. The first kappa shape index (κ1) is 17.4. The lowest BCUT2D eigenvalue weighted by Crippen LogP contribution is -2.23. The summed E-state index contributed by atoms with van der Waals surface area (Å²) < 4.78 is 28.9. The van der Waals surface area contributed by atoms with Crippen LogP contribution in [0.1, 0.15) is 12.6 Å². The van der Waals surface area contributed by atoms with E-state index in [1.54, 1.807) is 28.9 Å². The fraction of sp³-hybridized carbons (Fsp3) is 0.125. The van der Waals surface area contributed by atoms with Crippen LogP contribution in [0.2, 0.25) is 5.02 Å². The third kappa shape index (κ3) is 4.16. The van der Waals surface area contributed by atoms with Crippen LogP contribution in [0.25, 0.3) is 5.65 Å². The Labute approximate surface area is 149 Å². The first-order chi connectivity index (χ1) is 11.8. The van der Waals surface area contributed by atoms with Gasteiger partial charge in [0.2, 0.25) is 15.9 Å². The number of aromatic nitrogens is 2. The number of nitrogens with zero attached hydrogens (tertiary/aromatic N) is 2. The van der Waals surface area contributed by atoms with Crippen molar-refractivity contribution in [1.29, 1.82) is 0 Å². The largest absolute Gasteiger partial charge is 0.326 e. The van der Waals surface area contributed by atoms with Gasteiger partial charge in [-0.3, -0.25) is 4.79 Å². The Hall–Kier alpha value is -2.42. The van der Waals surface area contributed by atoms with Crippen LogP contribution in [-0.2, 0) is 21.4 Å². The standard InChI is InChI=1S/C16H15ClN4O3S/c1-11(22)19-13-3-5-15(6-4-13)25(23,24)18-8-14-10-21-9-12(17)2-7-16(21)20-14/h2-7,9-10,18H,8H2,1H3,(H,19,22). The van der Waals surface area contributed by atoms with Gasteiger partial charge in [-0.25, -0.2) is 18.1 Å². The Morgan fingerprint density at radius 3 is 2.56 bits per heavy atom. The van der Waals surface area contributed by atoms with Crippen molar-refractivity contribution in [3.63, 3.8) is 0 Å². The number of carbonyl (C=O) groups is 1. The molecule has 0 aliphatic heterocycles. The monoisotopic (exact) mass is 378 g/mol. The highest BCUT2D eigenvalue weighted by Crippen LogP contribution is 2.15. The molecule has 9 heteroatoms. The summed E-state index contributed by atoms with van der Waals surface area (Å²) in [7, 11) is -3.69. The Morgan fingerprint density at radius 2 is 1.88 bits per heavy atom. The van der Waals surface area contributed by atoms with Gasteiger partial charge in [0, 0.05) is 25.0 Å². The van der Waals surface area contributed by atoms with Crippen LogP contribution in [-0.4, -0.2) is 23.7 Å². The minimum Gasteiger partial charge on any atom is -0.326 e. The second-order valence-electron chi connectivity index (χ2n) is 5.38. The predicted molar refractivity (Wildman–Crippen MR) is 95.0 cm³/mol. The van der Waals surface area contributed by atoms with Crippen molar-refractivity contribution in [2.45, 2.75) is 18.4 Å². The second-order valence-corrected chi connectivity index (χ2v) is 7.58. The maximum Gasteiger partial charge on any atom is 0.240 e. The molecule has 25 heavy (non-hydrogen) atoms. The third-order valence-corrected chi connectivity index (χ3v) is 5.03. The van der Waals surface area contributed by atoms with Gasteiger partial charge in [0.15, 0.2) is 0 Å². The molecule has 0 atom stereocenters. The molecule has 1 amide bonds. The van der Waals surface area contributed by atoms with Gasteiger partial charge < -0.3 is 9.72 Å². The first-order valence-corrected chi connectivity index (χ1v) is 9.20. The number of anilines is 1. The summed E-state index contributed by atoms with van der Waals surface area (Å²) in [5.74, 6) is -0.222. The normalized spacial score (nSPS) is 11.6. The number of rotatable bonds is 5. The van der Waals surface area contributed by atoms with E-state index in [1.165, 1.54) is 31.2 Å². The van der Waals surface area contributed by atoms with Crippen LogP contribution in [0.3, 0.4) is 0 Å². The van der Waals surface area contributed by atoms with Crippen molar-refractivity contribution in [3.05, 3.63) is 59.5 Å². The van der Waals surface area contributed by atoms with Gasteiger partial charge in [-0.1, -0.05) is 11.6 Å². The molecule has 3 rings (SSSR count). The molecular formula is C16H15ClN4O3S. The minimum atomic E-state index is -3.69. The highest BCUT2D eigenvalue weighted by atomic mass is 35.5. The van der Waals surface area contributed by atoms with Crippen LogP contribution in [0.4, 0.5) is 5.69 Å². The summed E-state index contributed by atoms with van der Waals surface area (Å²) >= 11 is 5.92. The number of amides is 1. The smallest absolute Gasteiger partial charge is 0.240 e. The molecule has 2 N–H and O–H groups in total. The molecule has 2 heterocycles. The Bertz CT molecular complexity index is 1030. The van der Waals surface area contributed by atoms with Crippen molar-refractivity contribution in [3.8, 4) is 0 Å². The third-order valence-electron chi connectivity index (χ3n) is 3.39. The van der Waals surface area contributed by atoms with E-state index in [4.69, 9.17) is 11.6 Å². The van der Waals surface area contributed by atoms with E-state index < -0.39 is 10.0 Å². The van der Waals surface area contributed by atoms with Crippen molar-refractivity contribution in [1.82, 2.24) is 14.1 Å². The topological polar surface area (TPSA) is 92.6 Å². The Kier molecular flexibility index (Phi) is 4.76. The van der Waals surface area contributed by atoms with Gasteiger partial charge in [-0.2, -0.15) is 0 Å². The van der Waals surface area contributed by atoms with Gasteiger partial charge in [0.25, 0.3) is 0 Å². The molecule has 0 saturated carbocycles. The molecule has 0 fully saturated rings. The molecule has 0 radical (unpaired) electrons. The van der Waals surface area contributed by atoms with Gasteiger partial charge >= 0.3 is 0 Å². The molecule has 1 aromatic carbocycles. The van der Waals surface area contributed by atoms with Gasteiger partial charge in [0.05, 0.1) is 22.2 Å². The fourth-order valence-corrected chi connectivity index (χ4v) is 3.44. The number of halogens is 1. The van der Waals surface area contributed by atoms with E-state index >= 15 is 0 Å². The van der Waals surface area contributed by atoms with Crippen molar-refractivity contribution in [2.75, 3.05) is 5.32 Å². The van der Waals surface area contributed by atoms with Crippen LogP contribution in [0.5, 0.6) is 0 Å². The molecule has 7 nitrogen and oxygen atoms in total. The number of hydrogen-bond donors (Lipinski definition) is 2. The summed E-state index contributed by atoms with van der Waals surface area (Å²) in [6.07, 6.45) is 3.41. The molecule has 0 bridgehead atoms. The van der Waals surface area contributed by atoms with E-state index in [0.29, 0.717) is 22.1 Å². The lowest BCUT2D eigenvalue weighted by Gasteiger charge is -2.07.